The Labute approximate surface area is 108 Å². The summed E-state index contributed by atoms with van der Waals surface area (Å²) in [6.45, 7) is 3.51. The number of nitrogens with one attached hydrogen (secondary N) is 1. The minimum absolute atomic E-state index is 0.470. The van der Waals surface area contributed by atoms with Gasteiger partial charge in [-0.05, 0) is 30.4 Å². The molecular formula is C15H21NO2. The van der Waals surface area contributed by atoms with Crippen LogP contribution in [0, 0.1) is 5.41 Å². The van der Waals surface area contributed by atoms with Crippen LogP contribution in [-0.4, -0.2) is 17.6 Å². The molecule has 1 aromatic carbocycles. The lowest BCUT2D eigenvalue weighted by Gasteiger charge is -2.11. The van der Waals surface area contributed by atoms with Gasteiger partial charge in [-0.15, -0.1) is 0 Å². The van der Waals surface area contributed by atoms with Gasteiger partial charge >= 0.3 is 5.97 Å². The first-order valence-corrected chi connectivity index (χ1v) is 6.68. The van der Waals surface area contributed by atoms with Crippen LogP contribution in [0.25, 0.3) is 0 Å². The summed E-state index contributed by atoms with van der Waals surface area (Å²) >= 11 is 0. The zero-order chi connectivity index (χ0) is 13.0. The van der Waals surface area contributed by atoms with Crippen LogP contribution in [0.4, 0.5) is 0 Å². The van der Waals surface area contributed by atoms with Gasteiger partial charge in [0.1, 0.15) is 0 Å². The first-order valence-electron chi connectivity index (χ1n) is 6.68. The van der Waals surface area contributed by atoms with Crippen LogP contribution < -0.4 is 5.32 Å². The van der Waals surface area contributed by atoms with Gasteiger partial charge in [0.25, 0.3) is 0 Å². The third-order valence-corrected chi connectivity index (χ3v) is 3.66. The highest BCUT2D eigenvalue weighted by Crippen LogP contribution is 2.45. The lowest BCUT2D eigenvalue weighted by Crippen LogP contribution is -2.29. The van der Waals surface area contributed by atoms with Crippen molar-refractivity contribution in [3.63, 3.8) is 0 Å². The summed E-state index contributed by atoms with van der Waals surface area (Å²) in [5.41, 5.74) is 2.11. The Kier molecular flexibility index (Phi) is 4.02. The average molecular weight is 247 g/mol. The first kappa shape index (κ1) is 13.1. The number of aliphatic carboxylic acids is 1. The SMILES string of the molecule is CCCc1ccc(CNCC2(C(=O)O)CC2)cc1. The van der Waals surface area contributed by atoms with E-state index in [-0.39, 0.29) is 0 Å². The number of carbonyl (C=O) groups is 1. The largest absolute Gasteiger partial charge is 0.481 e. The van der Waals surface area contributed by atoms with E-state index in [9.17, 15) is 4.79 Å². The average Bonchev–Trinajstić information content (AvgIpc) is 3.13. The molecule has 1 aliphatic rings. The van der Waals surface area contributed by atoms with Gasteiger partial charge in [-0.2, -0.15) is 0 Å². The molecule has 0 radical (unpaired) electrons. The molecule has 0 saturated heterocycles. The summed E-state index contributed by atoms with van der Waals surface area (Å²) in [7, 11) is 0. The van der Waals surface area contributed by atoms with E-state index < -0.39 is 11.4 Å². The van der Waals surface area contributed by atoms with Crippen molar-refractivity contribution in [2.45, 2.75) is 39.2 Å². The highest BCUT2D eigenvalue weighted by molar-refractivity contribution is 5.78. The number of hydrogen-bond acceptors (Lipinski definition) is 2. The maximum atomic E-state index is 11.0. The Bertz CT molecular complexity index is 407. The van der Waals surface area contributed by atoms with E-state index in [2.05, 4.69) is 36.5 Å². The maximum Gasteiger partial charge on any atom is 0.310 e. The van der Waals surface area contributed by atoms with Crippen molar-refractivity contribution < 1.29 is 9.90 Å². The van der Waals surface area contributed by atoms with Crippen molar-refractivity contribution in [2.75, 3.05) is 6.54 Å². The molecule has 3 heteroatoms. The van der Waals surface area contributed by atoms with Crippen LogP contribution in [0.3, 0.4) is 0 Å². The quantitative estimate of drug-likeness (QED) is 0.778. The molecule has 0 atom stereocenters. The van der Waals surface area contributed by atoms with E-state index >= 15 is 0 Å². The van der Waals surface area contributed by atoms with Crippen LogP contribution in [0.15, 0.2) is 24.3 Å². The fourth-order valence-electron chi connectivity index (χ4n) is 2.18. The van der Waals surface area contributed by atoms with Crippen LogP contribution >= 0.6 is 0 Å². The van der Waals surface area contributed by atoms with Gasteiger partial charge in [-0.25, -0.2) is 0 Å². The second-order valence-electron chi connectivity index (χ2n) is 5.26. The molecule has 0 aromatic heterocycles. The molecule has 0 heterocycles. The Morgan fingerprint density at radius 3 is 2.39 bits per heavy atom. The summed E-state index contributed by atoms with van der Waals surface area (Å²) in [5, 5.41) is 12.3. The van der Waals surface area contributed by atoms with Crippen LogP contribution in [-0.2, 0) is 17.8 Å². The highest BCUT2D eigenvalue weighted by Gasteiger charge is 2.49. The van der Waals surface area contributed by atoms with E-state index in [4.69, 9.17) is 5.11 Å². The smallest absolute Gasteiger partial charge is 0.310 e. The lowest BCUT2D eigenvalue weighted by molar-refractivity contribution is -0.143. The predicted molar refractivity (Wildman–Crippen MR) is 71.4 cm³/mol. The summed E-state index contributed by atoms with van der Waals surface area (Å²) in [6.07, 6.45) is 3.91. The molecule has 0 aliphatic heterocycles. The topological polar surface area (TPSA) is 49.3 Å². The molecule has 2 N–H and O–H groups in total. The first-order chi connectivity index (χ1) is 8.66. The number of carboxylic acid groups (broad SMARTS) is 1. The standard InChI is InChI=1S/C15H21NO2/c1-2-3-12-4-6-13(7-5-12)10-16-11-15(8-9-15)14(17)18/h4-7,16H,2-3,8-11H2,1H3,(H,17,18). The minimum atomic E-state index is -0.659. The second kappa shape index (κ2) is 5.53. The fourth-order valence-corrected chi connectivity index (χ4v) is 2.18. The molecule has 1 aromatic rings. The van der Waals surface area contributed by atoms with Gasteiger partial charge < -0.3 is 10.4 Å². The van der Waals surface area contributed by atoms with Gasteiger partial charge in [0.15, 0.2) is 0 Å². The zero-order valence-corrected chi connectivity index (χ0v) is 10.9. The molecule has 18 heavy (non-hydrogen) atoms. The van der Waals surface area contributed by atoms with Gasteiger partial charge in [0, 0.05) is 13.1 Å². The van der Waals surface area contributed by atoms with Gasteiger partial charge in [0.2, 0.25) is 0 Å². The zero-order valence-electron chi connectivity index (χ0n) is 10.9. The maximum absolute atomic E-state index is 11.0. The van der Waals surface area contributed by atoms with E-state index in [0.717, 1.165) is 25.8 Å². The Balaban J connectivity index is 1.78. The molecular weight excluding hydrogens is 226 g/mol. The Hall–Kier alpha value is -1.35. The Morgan fingerprint density at radius 2 is 1.89 bits per heavy atom. The van der Waals surface area contributed by atoms with Crippen molar-refractivity contribution in [2.24, 2.45) is 5.41 Å². The molecule has 0 unspecified atom stereocenters. The molecule has 0 bridgehead atoms. The van der Waals surface area contributed by atoms with Crippen molar-refractivity contribution in [1.82, 2.24) is 5.32 Å². The fraction of sp³-hybridized carbons (Fsp3) is 0.533. The minimum Gasteiger partial charge on any atom is -0.481 e. The van der Waals surface area contributed by atoms with Crippen molar-refractivity contribution in [3.8, 4) is 0 Å². The number of aryl methyl sites for hydroxylation is 1. The lowest BCUT2D eigenvalue weighted by atomic mass is 10.1. The second-order valence-corrected chi connectivity index (χ2v) is 5.26. The molecule has 98 valence electrons. The predicted octanol–water partition coefficient (Wildman–Crippen LogP) is 2.59. The van der Waals surface area contributed by atoms with Crippen LogP contribution in [0.1, 0.15) is 37.3 Å². The Morgan fingerprint density at radius 1 is 1.28 bits per heavy atom. The molecule has 1 saturated carbocycles. The molecule has 0 spiro atoms. The van der Waals surface area contributed by atoms with Crippen LogP contribution in [0.5, 0.6) is 0 Å². The normalized spacial score (nSPS) is 16.5. The number of hydrogen-bond donors (Lipinski definition) is 2. The van der Waals surface area contributed by atoms with E-state index in [1.807, 2.05) is 0 Å². The molecule has 3 nitrogen and oxygen atoms in total. The van der Waals surface area contributed by atoms with E-state index in [1.165, 1.54) is 17.5 Å². The van der Waals surface area contributed by atoms with Crippen molar-refractivity contribution in [3.05, 3.63) is 35.4 Å². The monoisotopic (exact) mass is 247 g/mol. The van der Waals surface area contributed by atoms with E-state index in [1.54, 1.807) is 0 Å². The van der Waals surface area contributed by atoms with Crippen molar-refractivity contribution in [1.29, 1.82) is 0 Å². The number of benzene rings is 1. The van der Waals surface area contributed by atoms with Gasteiger partial charge in [-0.1, -0.05) is 37.6 Å². The van der Waals surface area contributed by atoms with E-state index in [0.29, 0.717) is 6.54 Å². The molecule has 0 amide bonds. The molecule has 2 rings (SSSR count). The third kappa shape index (κ3) is 3.10. The summed E-state index contributed by atoms with van der Waals surface area (Å²) in [4.78, 5) is 11.0. The van der Waals surface area contributed by atoms with Crippen LogP contribution in [0.2, 0.25) is 0 Å². The summed E-state index contributed by atoms with van der Waals surface area (Å²) in [6, 6.07) is 8.56. The number of rotatable bonds is 7. The van der Waals surface area contributed by atoms with Gasteiger partial charge in [-0.3, -0.25) is 4.79 Å². The molecule has 1 fully saturated rings. The number of carboxylic acids is 1. The summed E-state index contributed by atoms with van der Waals surface area (Å²) in [5.74, 6) is -0.659. The van der Waals surface area contributed by atoms with Gasteiger partial charge in [0.05, 0.1) is 5.41 Å². The molecule has 1 aliphatic carbocycles. The van der Waals surface area contributed by atoms with Crippen molar-refractivity contribution >= 4 is 5.97 Å². The highest BCUT2D eigenvalue weighted by atomic mass is 16.4. The summed E-state index contributed by atoms with van der Waals surface area (Å²) < 4.78 is 0. The third-order valence-electron chi connectivity index (χ3n) is 3.66.